The lowest BCUT2D eigenvalue weighted by Gasteiger charge is -2.23. The van der Waals surface area contributed by atoms with E-state index in [0.29, 0.717) is 15.6 Å². The highest BCUT2D eigenvalue weighted by Gasteiger charge is 2.38. The molecule has 12 heteroatoms. The van der Waals surface area contributed by atoms with Gasteiger partial charge in [-0.1, -0.05) is 26.0 Å². The van der Waals surface area contributed by atoms with Gasteiger partial charge in [-0.3, -0.25) is 4.98 Å². The van der Waals surface area contributed by atoms with Gasteiger partial charge in [-0.2, -0.15) is 0 Å². The lowest BCUT2D eigenvalue weighted by Crippen LogP contribution is -2.39. The number of anilines is 1. The molecule has 0 saturated carbocycles. The number of aromatic nitrogens is 3. The first-order valence-corrected chi connectivity index (χ1v) is 12.3. The predicted molar refractivity (Wildman–Crippen MR) is 130 cm³/mol. The standard InChI is InChI=1S/C24H26N4O7S/c1-15(2)14-35-24(30)28(21-22(33-4)27-16(3)13-26-21)36(31,32)19-7-6-12-25-20(19)17-8-10-18(11-9-17)23(29)34-5/h6-13,15H,14H2,1-5H3. The molecule has 3 aromatic rings. The average molecular weight is 515 g/mol. The van der Waals surface area contributed by atoms with E-state index in [2.05, 4.69) is 15.0 Å². The first-order valence-electron chi connectivity index (χ1n) is 10.8. The van der Waals surface area contributed by atoms with Crippen LogP contribution >= 0.6 is 0 Å². The second-order valence-electron chi connectivity index (χ2n) is 8.00. The smallest absolute Gasteiger partial charge is 0.430 e. The number of methoxy groups -OCH3 is 2. The third-order valence-corrected chi connectivity index (χ3v) is 6.49. The van der Waals surface area contributed by atoms with Crippen LogP contribution in [0.1, 0.15) is 29.9 Å². The number of ether oxygens (including phenoxy) is 3. The molecule has 0 aliphatic carbocycles. The normalized spacial score (nSPS) is 11.2. The fourth-order valence-corrected chi connectivity index (χ4v) is 4.58. The van der Waals surface area contributed by atoms with Crippen molar-refractivity contribution in [2.45, 2.75) is 25.7 Å². The van der Waals surface area contributed by atoms with E-state index in [1.807, 2.05) is 13.8 Å². The average Bonchev–Trinajstić information content (AvgIpc) is 2.87. The largest absolute Gasteiger partial charge is 0.478 e. The molecule has 11 nitrogen and oxygen atoms in total. The van der Waals surface area contributed by atoms with Crippen LogP contribution < -0.4 is 9.04 Å². The van der Waals surface area contributed by atoms with Gasteiger partial charge < -0.3 is 14.2 Å². The zero-order valence-corrected chi connectivity index (χ0v) is 21.3. The van der Waals surface area contributed by atoms with Gasteiger partial charge in [0.05, 0.1) is 44.0 Å². The molecule has 190 valence electrons. The number of hydrogen-bond donors (Lipinski definition) is 0. The lowest BCUT2D eigenvalue weighted by atomic mass is 10.1. The zero-order valence-electron chi connectivity index (χ0n) is 20.5. The Kier molecular flexibility index (Phi) is 8.20. The van der Waals surface area contributed by atoms with Crippen molar-refractivity contribution in [3.05, 3.63) is 60.0 Å². The summed E-state index contributed by atoms with van der Waals surface area (Å²) in [7, 11) is -2.09. The van der Waals surface area contributed by atoms with Crippen LogP contribution in [0.5, 0.6) is 5.88 Å². The minimum Gasteiger partial charge on any atom is -0.478 e. The Hall–Kier alpha value is -4.06. The molecule has 1 aromatic carbocycles. The summed E-state index contributed by atoms with van der Waals surface area (Å²) in [4.78, 5) is 37.2. The highest BCUT2D eigenvalue weighted by atomic mass is 32.2. The third-order valence-electron chi connectivity index (χ3n) is 4.80. The fraction of sp³-hybridized carbons (Fsp3) is 0.292. The highest BCUT2D eigenvalue weighted by Crippen LogP contribution is 2.33. The van der Waals surface area contributed by atoms with Crippen LogP contribution in [0.25, 0.3) is 11.3 Å². The number of sulfonamides is 1. The van der Waals surface area contributed by atoms with Gasteiger partial charge in [-0.05, 0) is 37.1 Å². The second-order valence-corrected chi connectivity index (χ2v) is 9.76. The molecular weight excluding hydrogens is 488 g/mol. The van der Waals surface area contributed by atoms with E-state index in [9.17, 15) is 18.0 Å². The Bertz CT molecular complexity index is 1360. The van der Waals surface area contributed by atoms with Gasteiger partial charge in [0.1, 0.15) is 4.90 Å². The number of esters is 1. The van der Waals surface area contributed by atoms with Crippen molar-refractivity contribution in [1.82, 2.24) is 15.0 Å². The van der Waals surface area contributed by atoms with Crippen molar-refractivity contribution in [1.29, 1.82) is 0 Å². The molecule has 0 atom stereocenters. The van der Waals surface area contributed by atoms with Crippen LogP contribution in [-0.2, 0) is 19.5 Å². The number of carbonyl (C=O) groups is 2. The molecule has 0 radical (unpaired) electrons. The van der Waals surface area contributed by atoms with Crippen LogP contribution in [0.3, 0.4) is 0 Å². The molecule has 0 aliphatic rings. The predicted octanol–water partition coefficient (Wildman–Crippen LogP) is 3.63. The first-order chi connectivity index (χ1) is 17.1. The zero-order chi connectivity index (χ0) is 26.5. The number of hydrogen-bond acceptors (Lipinski definition) is 10. The van der Waals surface area contributed by atoms with Crippen LogP contribution in [0.2, 0.25) is 0 Å². The maximum absolute atomic E-state index is 14.0. The first kappa shape index (κ1) is 26.5. The van der Waals surface area contributed by atoms with Gasteiger partial charge in [0.25, 0.3) is 15.9 Å². The van der Waals surface area contributed by atoms with E-state index in [1.54, 1.807) is 6.92 Å². The van der Waals surface area contributed by atoms with Crippen molar-refractivity contribution in [3.63, 3.8) is 0 Å². The van der Waals surface area contributed by atoms with Crippen LogP contribution in [-0.4, -0.2) is 56.3 Å². The minimum atomic E-state index is -4.63. The number of carbonyl (C=O) groups excluding carboxylic acids is 2. The molecular formula is C24H26N4O7S. The van der Waals surface area contributed by atoms with E-state index < -0.39 is 22.1 Å². The summed E-state index contributed by atoms with van der Waals surface area (Å²) in [6.07, 6.45) is 1.55. The van der Waals surface area contributed by atoms with E-state index in [-0.39, 0.29) is 40.4 Å². The summed E-state index contributed by atoms with van der Waals surface area (Å²) >= 11 is 0. The van der Waals surface area contributed by atoms with Crippen molar-refractivity contribution in [2.75, 3.05) is 25.1 Å². The highest BCUT2D eigenvalue weighted by molar-refractivity contribution is 7.93. The van der Waals surface area contributed by atoms with Crippen molar-refractivity contribution < 1.29 is 32.2 Å². The Balaban J connectivity index is 2.18. The molecule has 1 amide bonds. The third kappa shape index (κ3) is 5.60. The number of nitrogens with zero attached hydrogens (tertiary/aromatic N) is 4. The summed E-state index contributed by atoms with van der Waals surface area (Å²) in [5, 5.41) is 0. The summed E-state index contributed by atoms with van der Waals surface area (Å²) in [5.74, 6) is -1.12. The van der Waals surface area contributed by atoms with E-state index in [0.717, 1.165) is 0 Å². The maximum Gasteiger partial charge on any atom is 0.430 e. The minimum absolute atomic E-state index is 0.0264. The summed E-state index contributed by atoms with van der Waals surface area (Å²) in [6.45, 7) is 5.25. The molecule has 2 heterocycles. The molecule has 0 saturated heterocycles. The van der Waals surface area contributed by atoms with Crippen LogP contribution in [0.4, 0.5) is 10.6 Å². The Morgan fingerprint density at radius 3 is 2.36 bits per heavy atom. The van der Waals surface area contributed by atoms with Crippen molar-refractivity contribution in [3.8, 4) is 17.1 Å². The molecule has 3 rings (SSSR count). The monoisotopic (exact) mass is 514 g/mol. The topological polar surface area (TPSA) is 138 Å². The molecule has 2 aromatic heterocycles. The summed E-state index contributed by atoms with van der Waals surface area (Å²) < 4.78 is 43.6. The summed E-state index contributed by atoms with van der Waals surface area (Å²) in [6, 6.07) is 8.75. The van der Waals surface area contributed by atoms with Crippen LogP contribution in [0.15, 0.2) is 53.7 Å². The molecule has 0 unspecified atom stereocenters. The SMILES string of the molecule is COC(=O)c1ccc(-c2ncccc2S(=O)(=O)N(C(=O)OCC(C)C)c2ncc(C)nc2OC)cc1. The maximum atomic E-state index is 14.0. The molecule has 0 fully saturated rings. The van der Waals surface area contributed by atoms with Crippen LogP contribution in [0, 0.1) is 12.8 Å². The van der Waals surface area contributed by atoms with Gasteiger partial charge in [0.2, 0.25) is 5.82 Å². The van der Waals surface area contributed by atoms with Crippen molar-refractivity contribution in [2.24, 2.45) is 5.92 Å². The number of aryl methyl sites for hydroxylation is 1. The van der Waals surface area contributed by atoms with E-state index >= 15 is 0 Å². The molecule has 0 bridgehead atoms. The van der Waals surface area contributed by atoms with Gasteiger partial charge in [-0.15, -0.1) is 4.31 Å². The number of pyridine rings is 1. The molecule has 0 N–H and O–H groups in total. The number of benzene rings is 1. The Morgan fingerprint density at radius 2 is 1.75 bits per heavy atom. The van der Waals surface area contributed by atoms with E-state index in [4.69, 9.17) is 14.2 Å². The van der Waals surface area contributed by atoms with E-state index in [1.165, 1.54) is 63.0 Å². The molecule has 0 aliphatic heterocycles. The molecule has 36 heavy (non-hydrogen) atoms. The number of amides is 1. The van der Waals surface area contributed by atoms with Gasteiger partial charge in [-0.25, -0.2) is 28.0 Å². The fourth-order valence-electron chi connectivity index (χ4n) is 3.12. The second kappa shape index (κ2) is 11.1. The number of rotatable bonds is 8. The quantitative estimate of drug-likeness (QED) is 0.410. The van der Waals surface area contributed by atoms with Gasteiger partial charge in [0.15, 0.2) is 0 Å². The van der Waals surface area contributed by atoms with Crippen molar-refractivity contribution >= 4 is 27.9 Å². The van der Waals surface area contributed by atoms with Gasteiger partial charge in [0, 0.05) is 11.8 Å². The lowest BCUT2D eigenvalue weighted by molar-refractivity contribution is 0.0600. The van der Waals surface area contributed by atoms with Gasteiger partial charge >= 0.3 is 12.1 Å². The molecule has 0 spiro atoms. The Labute approximate surface area is 209 Å². The Morgan fingerprint density at radius 1 is 1.06 bits per heavy atom. The summed E-state index contributed by atoms with van der Waals surface area (Å²) in [5.41, 5.74) is 1.17.